The highest BCUT2D eigenvalue weighted by Crippen LogP contribution is 2.48. The highest BCUT2D eigenvalue weighted by atomic mass is 15.1. The number of fused-ring (bicyclic) bond motifs is 15. The molecule has 4 heterocycles. The molecule has 0 bridgehead atoms. The van der Waals surface area contributed by atoms with Crippen molar-refractivity contribution in [1.29, 1.82) is 0 Å². The SMILES string of the molecule is c1ccc(-n2c3ccccc3c3c4c5ccccc5c5nccn5c4c4c(c5ccccc5n4-c4ccccc4)c32)cc1. The molecule has 4 aromatic heterocycles. The van der Waals surface area contributed by atoms with Crippen LogP contribution in [0.4, 0.5) is 0 Å². The Hall–Kier alpha value is -5.87. The van der Waals surface area contributed by atoms with Crippen LogP contribution in [-0.4, -0.2) is 18.5 Å². The van der Waals surface area contributed by atoms with Crippen LogP contribution in [-0.2, 0) is 0 Å². The van der Waals surface area contributed by atoms with Gasteiger partial charge in [-0.15, -0.1) is 0 Å². The first kappa shape index (κ1) is 22.8. The van der Waals surface area contributed by atoms with Crippen molar-refractivity contribution in [3.8, 4) is 11.4 Å². The average Bonchev–Trinajstić information content (AvgIpc) is 3.78. The van der Waals surface area contributed by atoms with Gasteiger partial charge in [-0.1, -0.05) is 97.1 Å². The zero-order valence-corrected chi connectivity index (χ0v) is 23.1. The van der Waals surface area contributed by atoms with Crippen LogP contribution < -0.4 is 0 Å². The molecular weight excluding hydrogens is 524 g/mol. The molecule has 0 fully saturated rings. The number of hydrogen-bond acceptors (Lipinski definition) is 1. The van der Waals surface area contributed by atoms with Crippen LogP contribution in [0.3, 0.4) is 0 Å². The fraction of sp³-hybridized carbons (Fsp3) is 0. The lowest BCUT2D eigenvalue weighted by molar-refractivity contribution is 1.17. The number of rotatable bonds is 2. The van der Waals surface area contributed by atoms with Gasteiger partial charge in [-0.3, -0.25) is 4.40 Å². The molecule has 0 aliphatic heterocycles. The third kappa shape index (κ3) is 2.87. The van der Waals surface area contributed by atoms with Crippen LogP contribution in [0.15, 0.2) is 146 Å². The van der Waals surface area contributed by atoms with Crippen molar-refractivity contribution in [3.05, 3.63) is 146 Å². The fourth-order valence-electron chi connectivity index (χ4n) is 7.44. The molecule has 10 rings (SSSR count). The first-order valence-corrected chi connectivity index (χ1v) is 14.7. The van der Waals surface area contributed by atoms with Crippen molar-refractivity contribution in [2.45, 2.75) is 0 Å². The van der Waals surface area contributed by atoms with Gasteiger partial charge in [-0.05, 0) is 41.8 Å². The molecule has 200 valence electrons. The lowest BCUT2D eigenvalue weighted by Gasteiger charge is -2.16. The summed E-state index contributed by atoms with van der Waals surface area (Å²) in [6.45, 7) is 0. The molecule has 0 radical (unpaired) electrons. The zero-order valence-electron chi connectivity index (χ0n) is 23.1. The Bertz CT molecular complexity index is 2710. The maximum Gasteiger partial charge on any atom is 0.145 e. The number of para-hydroxylation sites is 4. The van der Waals surface area contributed by atoms with E-state index < -0.39 is 0 Å². The summed E-state index contributed by atoms with van der Waals surface area (Å²) in [4.78, 5) is 4.90. The fourth-order valence-corrected chi connectivity index (χ4v) is 7.44. The summed E-state index contributed by atoms with van der Waals surface area (Å²) in [6, 6.07) is 48.0. The summed E-state index contributed by atoms with van der Waals surface area (Å²) in [7, 11) is 0. The van der Waals surface area contributed by atoms with Crippen molar-refractivity contribution in [2.24, 2.45) is 0 Å². The maximum atomic E-state index is 4.90. The van der Waals surface area contributed by atoms with Gasteiger partial charge in [0, 0.05) is 56.1 Å². The monoisotopic (exact) mass is 548 g/mol. The summed E-state index contributed by atoms with van der Waals surface area (Å²) in [6.07, 6.45) is 4.05. The Balaban J connectivity index is 1.66. The van der Waals surface area contributed by atoms with Crippen LogP contribution in [0.25, 0.3) is 82.3 Å². The third-order valence-electron chi connectivity index (χ3n) is 9.05. The molecule has 43 heavy (non-hydrogen) atoms. The van der Waals surface area contributed by atoms with Crippen molar-refractivity contribution in [2.75, 3.05) is 0 Å². The molecule has 0 aliphatic rings. The highest BCUT2D eigenvalue weighted by Gasteiger charge is 2.27. The van der Waals surface area contributed by atoms with Gasteiger partial charge in [0.2, 0.25) is 0 Å². The van der Waals surface area contributed by atoms with Gasteiger partial charge in [-0.25, -0.2) is 4.98 Å². The molecule has 4 nitrogen and oxygen atoms in total. The van der Waals surface area contributed by atoms with Gasteiger partial charge in [0.25, 0.3) is 0 Å². The van der Waals surface area contributed by atoms with E-state index in [1.165, 1.54) is 59.9 Å². The lowest BCUT2D eigenvalue weighted by atomic mass is 9.97. The largest absolute Gasteiger partial charge is 0.309 e. The molecular formula is C39H24N4. The molecule has 6 aromatic carbocycles. The Kier molecular flexibility index (Phi) is 4.42. The predicted molar refractivity (Wildman–Crippen MR) is 179 cm³/mol. The van der Waals surface area contributed by atoms with Crippen LogP contribution in [0.5, 0.6) is 0 Å². The van der Waals surface area contributed by atoms with Gasteiger partial charge < -0.3 is 9.13 Å². The van der Waals surface area contributed by atoms with Crippen molar-refractivity contribution in [3.63, 3.8) is 0 Å². The van der Waals surface area contributed by atoms with E-state index in [2.05, 4.69) is 153 Å². The Morgan fingerprint density at radius 2 is 0.884 bits per heavy atom. The Morgan fingerprint density at radius 3 is 1.53 bits per heavy atom. The van der Waals surface area contributed by atoms with Crippen molar-refractivity contribution >= 4 is 70.9 Å². The summed E-state index contributed by atoms with van der Waals surface area (Å²) in [5.74, 6) is 0. The minimum Gasteiger partial charge on any atom is -0.309 e. The summed E-state index contributed by atoms with van der Waals surface area (Å²) < 4.78 is 7.24. The van der Waals surface area contributed by atoms with Gasteiger partial charge in [0.05, 0.1) is 27.6 Å². The van der Waals surface area contributed by atoms with E-state index >= 15 is 0 Å². The van der Waals surface area contributed by atoms with Gasteiger partial charge in [0.15, 0.2) is 0 Å². The Morgan fingerprint density at radius 1 is 0.395 bits per heavy atom. The number of benzene rings is 6. The second-order valence-electron chi connectivity index (χ2n) is 11.2. The van der Waals surface area contributed by atoms with Crippen LogP contribution in [0, 0.1) is 0 Å². The molecule has 0 amide bonds. The van der Waals surface area contributed by atoms with Crippen molar-refractivity contribution in [1.82, 2.24) is 18.5 Å². The number of imidazole rings is 1. The second-order valence-corrected chi connectivity index (χ2v) is 11.2. The van der Waals surface area contributed by atoms with Crippen LogP contribution in [0.2, 0.25) is 0 Å². The molecule has 0 unspecified atom stereocenters. The highest BCUT2D eigenvalue weighted by molar-refractivity contribution is 6.40. The van der Waals surface area contributed by atoms with E-state index in [0.29, 0.717) is 0 Å². The second kappa shape index (κ2) is 8.34. The minimum absolute atomic E-state index is 0.973. The molecule has 0 aliphatic carbocycles. The van der Waals surface area contributed by atoms with Gasteiger partial charge in [0.1, 0.15) is 5.65 Å². The number of pyridine rings is 1. The molecule has 0 spiro atoms. The van der Waals surface area contributed by atoms with Crippen molar-refractivity contribution < 1.29 is 0 Å². The molecule has 0 N–H and O–H groups in total. The summed E-state index contributed by atoms with van der Waals surface area (Å²) in [5, 5.41) is 8.60. The van der Waals surface area contributed by atoms with Gasteiger partial charge in [-0.2, -0.15) is 0 Å². The minimum atomic E-state index is 0.973. The summed E-state index contributed by atoms with van der Waals surface area (Å²) in [5.41, 5.74) is 9.23. The number of hydrogen-bond donors (Lipinski definition) is 0. The molecule has 0 saturated carbocycles. The number of nitrogens with zero attached hydrogens (tertiary/aromatic N) is 4. The quantitative estimate of drug-likeness (QED) is 0.198. The lowest BCUT2D eigenvalue weighted by Crippen LogP contribution is -1.99. The maximum absolute atomic E-state index is 4.90. The van der Waals surface area contributed by atoms with Crippen LogP contribution in [0.1, 0.15) is 0 Å². The average molecular weight is 549 g/mol. The van der Waals surface area contributed by atoms with E-state index in [9.17, 15) is 0 Å². The molecule has 10 aromatic rings. The molecule has 4 heteroatoms. The molecule has 0 saturated heterocycles. The topological polar surface area (TPSA) is 27.2 Å². The third-order valence-corrected chi connectivity index (χ3v) is 9.05. The normalized spacial score (nSPS) is 12.2. The predicted octanol–water partition coefficient (Wildman–Crippen LogP) is 9.83. The van der Waals surface area contributed by atoms with Crippen LogP contribution >= 0.6 is 0 Å². The summed E-state index contributed by atoms with van der Waals surface area (Å²) >= 11 is 0. The smallest absolute Gasteiger partial charge is 0.145 e. The standard InChI is InChI=1S/C39H24N4/c1-3-13-25(14-4-1)42-31-21-11-9-19-29(31)34-33-27-17-7-8-18-28(27)39-40-23-24-41(39)37(33)38-35(36(34)42)30-20-10-12-22-32(30)43(38)26-15-5-2-6-16-26/h1-24H. The number of aromatic nitrogens is 4. The Labute approximate surface area is 246 Å². The van der Waals surface area contributed by atoms with E-state index in [1.807, 2.05) is 6.20 Å². The first-order chi connectivity index (χ1) is 21.4. The van der Waals surface area contributed by atoms with E-state index in [4.69, 9.17) is 4.98 Å². The van der Waals surface area contributed by atoms with Gasteiger partial charge >= 0.3 is 0 Å². The first-order valence-electron chi connectivity index (χ1n) is 14.7. The van der Waals surface area contributed by atoms with E-state index in [0.717, 1.165) is 22.4 Å². The molecule has 0 atom stereocenters. The van der Waals surface area contributed by atoms with E-state index in [-0.39, 0.29) is 0 Å². The van der Waals surface area contributed by atoms with E-state index in [1.54, 1.807) is 0 Å². The zero-order chi connectivity index (χ0) is 28.1.